The molecule has 2 aliphatic heterocycles. The predicted octanol–water partition coefficient (Wildman–Crippen LogP) is 2.65. The molecule has 0 bridgehead atoms. The van der Waals surface area contributed by atoms with Crippen LogP contribution in [0, 0.1) is 0 Å². The number of carbonyl (C=O) groups excluding carboxylic acids is 1. The molecule has 28 heavy (non-hydrogen) atoms. The number of carbonyl (C=O) groups is 1. The SMILES string of the molecule is COCC(=O)N1CCc2nc(COc3ccccc3)c3c(c2C1)CO[C@@H](C)C3. The van der Waals surface area contributed by atoms with Crippen LogP contribution in [0.3, 0.4) is 0 Å². The highest BCUT2D eigenvalue weighted by atomic mass is 16.5. The lowest BCUT2D eigenvalue weighted by Crippen LogP contribution is -2.40. The molecule has 1 atom stereocenters. The third-order valence-electron chi connectivity index (χ3n) is 5.41. The van der Waals surface area contributed by atoms with E-state index in [4.69, 9.17) is 19.2 Å². The van der Waals surface area contributed by atoms with Gasteiger partial charge >= 0.3 is 0 Å². The van der Waals surface area contributed by atoms with Crippen LogP contribution in [0.5, 0.6) is 5.75 Å². The minimum atomic E-state index is 0.0171. The van der Waals surface area contributed by atoms with Crippen LogP contribution in [0.4, 0.5) is 0 Å². The van der Waals surface area contributed by atoms with Crippen molar-refractivity contribution < 1.29 is 19.0 Å². The largest absolute Gasteiger partial charge is 0.487 e. The zero-order valence-corrected chi connectivity index (χ0v) is 16.4. The molecule has 0 saturated heterocycles. The van der Waals surface area contributed by atoms with E-state index in [-0.39, 0.29) is 18.6 Å². The molecule has 0 unspecified atom stereocenters. The van der Waals surface area contributed by atoms with Crippen LogP contribution in [0.15, 0.2) is 30.3 Å². The van der Waals surface area contributed by atoms with Crippen molar-refractivity contribution in [2.24, 2.45) is 0 Å². The Hall–Kier alpha value is -2.44. The van der Waals surface area contributed by atoms with Gasteiger partial charge in [0.2, 0.25) is 5.91 Å². The van der Waals surface area contributed by atoms with Crippen LogP contribution in [-0.4, -0.2) is 42.2 Å². The predicted molar refractivity (Wildman–Crippen MR) is 104 cm³/mol. The van der Waals surface area contributed by atoms with Crippen molar-refractivity contribution in [1.82, 2.24) is 9.88 Å². The van der Waals surface area contributed by atoms with Crippen LogP contribution in [0.2, 0.25) is 0 Å². The second-order valence-corrected chi connectivity index (χ2v) is 7.37. The van der Waals surface area contributed by atoms with Crippen molar-refractivity contribution in [2.75, 3.05) is 20.3 Å². The fourth-order valence-electron chi connectivity index (χ4n) is 3.94. The van der Waals surface area contributed by atoms with Gasteiger partial charge in [0.25, 0.3) is 0 Å². The number of pyridine rings is 1. The number of hydrogen-bond donors (Lipinski definition) is 0. The number of rotatable bonds is 5. The Kier molecular flexibility index (Phi) is 5.59. The lowest BCUT2D eigenvalue weighted by atomic mass is 9.90. The van der Waals surface area contributed by atoms with Crippen LogP contribution < -0.4 is 4.74 Å². The van der Waals surface area contributed by atoms with Crippen molar-refractivity contribution in [3.63, 3.8) is 0 Å². The highest BCUT2D eigenvalue weighted by molar-refractivity contribution is 5.77. The molecule has 2 aliphatic rings. The smallest absolute Gasteiger partial charge is 0.248 e. The average Bonchev–Trinajstić information content (AvgIpc) is 2.72. The zero-order valence-electron chi connectivity index (χ0n) is 16.4. The van der Waals surface area contributed by atoms with E-state index in [0.29, 0.717) is 26.3 Å². The van der Waals surface area contributed by atoms with Gasteiger partial charge < -0.3 is 19.1 Å². The van der Waals surface area contributed by atoms with Crippen molar-refractivity contribution >= 4 is 5.91 Å². The van der Waals surface area contributed by atoms with Gasteiger partial charge in [-0.1, -0.05) is 18.2 Å². The molecule has 2 aromatic rings. The monoisotopic (exact) mass is 382 g/mol. The molecule has 6 nitrogen and oxygen atoms in total. The first-order valence-corrected chi connectivity index (χ1v) is 9.74. The molecule has 148 valence electrons. The quantitative estimate of drug-likeness (QED) is 0.796. The van der Waals surface area contributed by atoms with Crippen molar-refractivity contribution in [3.05, 3.63) is 58.4 Å². The zero-order chi connectivity index (χ0) is 19.5. The maximum absolute atomic E-state index is 12.3. The van der Waals surface area contributed by atoms with E-state index >= 15 is 0 Å². The molecule has 0 N–H and O–H groups in total. The van der Waals surface area contributed by atoms with E-state index in [1.165, 1.54) is 11.1 Å². The van der Waals surface area contributed by atoms with Gasteiger partial charge in [-0.25, -0.2) is 0 Å². The van der Waals surface area contributed by atoms with Crippen LogP contribution in [-0.2, 0) is 46.9 Å². The van der Waals surface area contributed by atoms with E-state index in [1.54, 1.807) is 7.11 Å². The average molecular weight is 382 g/mol. The van der Waals surface area contributed by atoms with Gasteiger partial charge in [-0.15, -0.1) is 0 Å². The van der Waals surface area contributed by atoms with E-state index in [0.717, 1.165) is 35.5 Å². The number of nitrogens with zero attached hydrogens (tertiary/aromatic N) is 2. The Labute approximate surface area is 165 Å². The Bertz CT molecular complexity index is 853. The molecule has 1 aromatic carbocycles. The van der Waals surface area contributed by atoms with Gasteiger partial charge in [0.1, 0.15) is 19.0 Å². The normalized spacial score (nSPS) is 18.4. The number of para-hydroxylation sites is 1. The summed E-state index contributed by atoms with van der Waals surface area (Å²) in [5.74, 6) is 0.857. The fourth-order valence-corrected chi connectivity index (χ4v) is 3.94. The molecule has 3 heterocycles. The van der Waals surface area contributed by atoms with Gasteiger partial charge in [-0.05, 0) is 35.7 Å². The standard InChI is InChI=1S/C22H26N2O4/c1-15-10-17-19(12-27-15)18-11-24(22(25)14-26-2)9-8-20(18)23-21(17)13-28-16-6-4-3-5-7-16/h3-7,15H,8-14H2,1-2H3/t15-/m0/s1. The summed E-state index contributed by atoms with van der Waals surface area (Å²) >= 11 is 0. The molecular weight excluding hydrogens is 356 g/mol. The van der Waals surface area contributed by atoms with E-state index < -0.39 is 0 Å². The number of methoxy groups -OCH3 is 1. The molecule has 0 saturated carbocycles. The Morgan fingerprint density at radius 1 is 1.25 bits per heavy atom. The first-order chi connectivity index (χ1) is 13.7. The van der Waals surface area contributed by atoms with E-state index in [2.05, 4.69) is 6.92 Å². The molecule has 4 rings (SSSR count). The third kappa shape index (κ3) is 3.88. The van der Waals surface area contributed by atoms with Gasteiger partial charge in [-0.3, -0.25) is 9.78 Å². The Morgan fingerprint density at radius 2 is 2.07 bits per heavy atom. The molecule has 1 amide bonds. The number of hydrogen-bond acceptors (Lipinski definition) is 5. The molecular formula is C22H26N2O4. The number of ether oxygens (including phenoxy) is 3. The molecule has 0 spiro atoms. The second kappa shape index (κ2) is 8.29. The molecule has 1 aromatic heterocycles. The highest BCUT2D eigenvalue weighted by Crippen LogP contribution is 2.32. The van der Waals surface area contributed by atoms with Crippen molar-refractivity contribution in [3.8, 4) is 5.75 Å². The summed E-state index contributed by atoms with van der Waals surface area (Å²) in [6.45, 7) is 4.44. The first-order valence-electron chi connectivity index (χ1n) is 9.74. The Balaban J connectivity index is 1.63. The second-order valence-electron chi connectivity index (χ2n) is 7.37. The molecule has 0 fully saturated rings. The van der Waals surface area contributed by atoms with Crippen LogP contribution in [0.25, 0.3) is 0 Å². The third-order valence-corrected chi connectivity index (χ3v) is 5.41. The van der Waals surface area contributed by atoms with Gasteiger partial charge in [0.15, 0.2) is 0 Å². The number of amides is 1. The van der Waals surface area contributed by atoms with E-state index in [1.807, 2.05) is 35.2 Å². The summed E-state index contributed by atoms with van der Waals surface area (Å²) in [4.78, 5) is 19.1. The maximum atomic E-state index is 12.3. The summed E-state index contributed by atoms with van der Waals surface area (Å²) in [6, 6.07) is 9.81. The lowest BCUT2D eigenvalue weighted by Gasteiger charge is -2.34. The fraction of sp³-hybridized carbons (Fsp3) is 0.455. The molecule has 6 heteroatoms. The highest BCUT2D eigenvalue weighted by Gasteiger charge is 2.30. The summed E-state index contributed by atoms with van der Waals surface area (Å²) in [7, 11) is 1.55. The number of aromatic nitrogens is 1. The Morgan fingerprint density at radius 3 is 2.86 bits per heavy atom. The minimum absolute atomic E-state index is 0.0171. The van der Waals surface area contributed by atoms with Gasteiger partial charge in [0.05, 0.1) is 18.4 Å². The maximum Gasteiger partial charge on any atom is 0.248 e. The van der Waals surface area contributed by atoms with E-state index in [9.17, 15) is 4.79 Å². The number of fused-ring (bicyclic) bond motifs is 3. The summed E-state index contributed by atoms with van der Waals surface area (Å²) < 4.78 is 16.9. The van der Waals surface area contributed by atoms with Gasteiger partial charge in [-0.2, -0.15) is 0 Å². The molecule has 0 radical (unpaired) electrons. The minimum Gasteiger partial charge on any atom is -0.487 e. The first kappa shape index (κ1) is 18.9. The summed E-state index contributed by atoms with van der Waals surface area (Å²) in [6.07, 6.45) is 1.71. The van der Waals surface area contributed by atoms with Crippen LogP contribution in [0.1, 0.15) is 35.0 Å². The molecule has 0 aliphatic carbocycles. The number of benzene rings is 1. The lowest BCUT2D eigenvalue weighted by molar-refractivity contribution is -0.136. The summed E-state index contributed by atoms with van der Waals surface area (Å²) in [5.41, 5.74) is 5.59. The van der Waals surface area contributed by atoms with Gasteiger partial charge in [0, 0.05) is 38.7 Å². The van der Waals surface area contributed by atoms with Crippen LogP contribution >= 0.6 is 0 Å². The topological polar surface area (TPSA) is 60.9 Å². The van der Waals surface area contributed by atoms with Crippen molar-refractivity contribution in [2.45, 2.75) is 45.6 Å². The summed E-state index contributed by atoms with van der Waals surface area (Å²) in [5, 5.41) is 0. The van der Waals surface area contributed by atoms with Crippen molar-refractivity contribution in [1.29, 1.82) is 0 Å².